The van der Waals surface area contributed by atoms with Crippen LogP contribution in [0.15, 0.2) is 0 Å². The van der Waals surface area contributed by atoms with Gasteiger partial charge < -0.3 is 5.32 Å². The molecule has 0 spiro atoms. The molecule has 13 heavy (non-hydrogen) atoms. The maximum Gasteiger partial charge on any atom is 0.00104 e. The van der Waals surface area contributed by atoms with E-state index in [4.69, 9.17) is 0 Å². The third-order valence-corrected chi connectivity index (χ3v) is 3.35. The van der Waals surface area contributed by atoms with Crippen molar-refractivity contribution in [3.63, 3.8) is 0 Å². The van der Waals surface area contributed by atoms with Crippen molar-refractivity contribution in [2.75, 3.05) is 18.1 Å². The maximum atomic E-state index is 3.50. The van der Waals surface area contributed by atoms with Gasteiger partial charge in [-0.15, -0.1) is 0 Å². The second-order valence-electron chi connectivity index (χ2n) is 3.65. The standard InChI is InChI=1S/C9H19NS.C2H6/c1-8(2)10-6-9-4-3-5-11-7-9;1-2/h8-10H,3-7H2,1-2H3;1-2H3. The van der Waals surface area contributed by atoms with Gasteiger partial charge in [-0.25, -0.2) is 0 Å². The lowest BCUT2D eigenvalue weighted by atomic mass is 10.1. The molecule has 1 N–H and O–H groups in total. The molecule has 80 valence electrons. The van der Waals surface area contributed by atoms with E-state index in [2.05, 4.69) is 30.9 Å². The molecular formula is C11H25NS. The summed E-state index contributed by atoms with van der Waals surface area (Å²) in [6, 6.07) is 0.655. The first-order valence-corrected chi connectivity index (χ1v) is 6.75. The number of hydrogen-bond acceptors (Lipinski definition) is 2. The molecule has 1 saturated heterocycles. The predicted molar refractivity (Wildman–Crippen MR) is 64.5 cm³/mol. The molecule has 2 heteroatoms. The lowest BCUT2D eigenvalue weighted by molar-refractivity contribution is 0.450. The number of hydrogen-bond donors (Lipinski definition) is 1. The molecule has 1 heterocycles. The summed E-state index contributed by atoms with van der Waals surface area (Å²) in [6.45, 7) is 9.66. The van der Waals surface area contributed by atoms with Gasteiger partial charge in [0.05, 0.1) is 0 Å². The van der Waals surface area contributed by atoms with Crippen LogP contribution in [0.4, 0.5) is 0 Å². The molecule has 1 aliphatic rings. The molecule has 0 aromatic rings. The van der Waals surface area contributed by atoms with Crippen molar-refractivity contribution in [3.05, 3.63) is 0 Å². The number of nitrogens with one attached hydrogen (secondary N) is 1. The van der Waals surface area contributed by atoms with Crippen molar-refractivity contribution >= 4 is 11.8 Å². The first-order valence-electron chi connectivity index (χ1n) is 5.60. The molecule has 0 amide bonds. The zero-order chi connectivity index (χ0) is 10.1. The summed E-state index contributed by atoms with van der Waals surface area (Å²) in [5.41, 5.74) is 0. The van der Waals surface area contributed by atoms with Gasteiger partial charge >= 0.3 is 0 Å². The van der Waals surface area contributed by atoms with Crippen LogP contribution in [0.2, 0.25) is 0 Å². The number of thioether (sulfide) groups is 1. The van der Waals surface area contributed by atoms with Crippen molar-refractivity contribution in [1.82, 2.24) is 5.32 Å². The normalized spacial score (nSPS) is 22.4. The van der Waals surface area contributed by atoms with Gasteiger partial charge in [0.15, 0.2) is 0 Å². The Bertz CT molecular complexity index is 98.3. The van der Waals surface area contributed by atoms with E-state index in [0.717, 1.165) is 5.92 Å². The van der Waals surface area contributed by atoms with Gasteiger partial charge in [-0.3, -0.25) is 0 Å². The Morgan fingerprint density at radius 2 is 2.08 bits per heavy atom. The highest BCUT2D eigenvalue weighted by Gasteiger charge is 2.12. The molecule has 1 atom stereocenters. The molecule has 0 aromatic carbocycles. The van der Waals surface area contributed by atoms with Crippen molar-refractivity contribution in [3.8, 4) is 0 Å². The van der Waals surface area contributed by atoms with E-state index in [-0.39, 0.29) is 0 Å². The molecule has 1 unspecified atom stereocenters. The molecule has 0 aromatic heterocycles. The first-order chi connectivity index (χ1) is 6.29. The van der Waals surface area contributed by atoms with E-state index in [1.165, 1.54) is 30.9 Å². The Hall–Kier alpha value is 0.310. The van der Waals surface area contributed by atoms with Crippen LogP contribution in [0.3, 0.4) is 0 Å². The largest absolute Gasteiger partial charge is 0.314 e. The summed E-state index contributed by atoms with van der Waals surface area (Å²) in [7, 11) is 0. The van der Waals surface area contributed by atoms with Crippen LogP contribution in [-0.4, -0.2) is 24.1 Å². The van der Waals surface area contributed by atoms with E-state index in [0.29, 0.717) is 6.04 Å². The summed E-state index contributed by atoms with van der Waals surface area (Å²) in [4.78, 5) is 0. The third-order valence-electron chi connectivity index (χ3n) is 2.07. The Balaban J connectivity index is 0.000000671. The van der Waals surface area contributed by atoms with Crippen molar-refractivity contribution in [1.29, 1.82) is 0 Å². The fourth-order valence-corrected chi connectivity index (χ4v) is 2.53. The zero-order valence-electron chi connectivity index (χ0n) is 9.60. The highest BCUT2D eigenvalue weighted by molar-refractivity contribution is 7.99. The Kier molecular flexibility index (Phi) is 9.10. The van der Waals surface area contributed by atoms with E-state index in [1.807, 2.05) is 13.8 Å². The minimum atomic E-state index is 0.655. The molecule has 0 saturated carbocycles. The van der Waals surface area contributed by atoms with Gasteiger partial charge in [-0.05, 0) is 36.8 Å². The van der Waals surface area contributed by atoms with E-state index in [1.54, 1.807) is 0 Å². The fraction of sp³-hybridized carbons (Fsp3) is 1.00. The summed E-state index contributed by atoms with van der Waals surface area (Å²) in [5, 5.41) is 3.50. The monoisotopic (exact) mass is 203 g/mol. The highest BCUT2D eigenvalue weighted by atomic mass is 32.2. The van der Waals surface area contributed by atoms with Gasteiger partial charge in [0.2, 0.25) is 0 Å². The molecule has 1 aliphatic heterocycles. The summed E-state index contributed by atoms with van der Waals surface area (Å²) in [5.74, 6) is 3.70. The minimum absolute atomic E-state index is 0.655. The lowest BCUT2D eigenvalue weighted by Gasteiger charge is -2.22. The van der Waals surface area contributed by atoms with Gasteiger partial charge in [-0.2, -0.15) is 11.8 Å². The van der Waals surface area contributed by atoms with Crippen LogP contribution < -0.4 is 5.32 Å². The summed E-state index contributed by atoms with van der Waals surface area (Å²) >= 11 is 2.11. The Labute approximate surface area is 88.1 Å². The highest BCUT2D eigenvalue weighted by Crippen LogP contribution is 2.21. The summed E-state index contributed by atoms with van der Waals surface area (Å²) < 4.78 is 0. The van der Waals surface area contributed by atoms with Gasteiger partial charge in [0.1, 0.15) is 0 Å². The van der Waals surface area contributed by atoms with Crippen LogP contribution in [0.1, 0.15) is 40.5 Å². The van der Waals surface area contributed by atoms with Crippen LogP contribution >= 0.6 is 11.8 Å². The maximum absolute atomic E-state index is 3.50. The molecular weight excluding hydrogens is 178 g/mol. The van der Waals surface area contributed by atoms with Crippen LogP contribution in [-0.2, 0) is 0 Å². The van der Waals surface area contributed by atoms with Crippen molar-refractivity contribution in [2.24, 2.45) is 5.92 Å². The van der Waals surface area contributed by atoms with Crippen molar-refractivity contribution in [2.45, 2.75) is 46.6 Å². The first kappa shape index (κ1) is 13.3. The van der Waals surface area contributed by atoms with Crippen LogP contribution in [0.5, 0.6) is 0 Å². The number of rotatable bonds is 3. The molecule has 1 nitrogen and oxygen atoms in total. The Morgan fingerprint density at radius 1 is 1.38 bits per heavy atom. The van der Waals surface area contributed by atoms with E-state index < -0.39 is 0 Å². The predicted octanol–water partition coefficient (Wildman–Crippen LogP) is 3.15. The molecule has 1 fully saturated rings. The third kappa shape index (κ3) is 7.39. The van der Waals surface area contributed by atoms with Crippen LogP contribution in [0, 0.1) is 5.92 Å². The quantitative estimate of drug-likeness (QED) is 0.756. The molecule has 0 bridgehead atoms. The van der Waals surface area contributed by atoms with Gasteiger partial charge in [0, 0.05) is 6.04 Å². The van der Waals surface area contributed by atoms with Crippen LogP contribution in [0.25, 0.3) is 0 Å². The van der Waals surface area contributed by atoms with Gasteiger partial charge in [0.25, 0.3) is 0 Å². The molecule has 0 radical (unpaired) electrons. The average molecular weight is 203 g/mol. The van der Waals surface area contributed by atoms with E-state index in [9.17, 15) is 0 Å². The second kappa shape index (κ2) is 8.89. The fourth-order valence-electron chi connectivity index (χ4n) is 1.37. The average Bonchev–Trinajstić information content (AvgIpc) is 2.19. The topological polar surface area (TPSA) is 12.0 Å². The molecule has 1 rings (SSSR count). The summed E-state index contributed by atoms with van der Waals surface area (Å²) in [6.07, 6.45) is 2.86. The molecule has 0 aliphatic carbocycles. The smallest absolute Gasteiger partial charge is 0.00104 e. The Morgan fingerprint density at radius 3 is 2.54 bits per heavy atom. The SMILES string of the molecule is CC.CC(C)NCC1CCCSC1. The lowest BCUT2D eigenvalue weighted by Crippen LogP contribution is -2.31. The van der Waals surface area contributed by atoms with Gasteiger partial charge in [-0.1, -0.05) is 27.7 Å². The second-order valence-corrected chi connectivity index (χ2v) is 4.80. The zero-order valence-corrected chi connectivity index (χ0v) is 10.4. The van der Waals surface area contributed by atoms with Crippen molar-refractivity contribution < 1.29 is 0 Å². The minimum Gasteiger partial charge on any atom is -0.314 e. The van der Waals surface area contributed by atoms with E-state index >= 15 is 0 Å².